The van der Waals surface area contributed by atoms with Crippen LogP contribution >= 0.6 is 0 Å². The van der Waals surface area contributed by atoms with Gasteiger partial charge in [-0.25, -0.2) is 4.99 Å². The van der Waals surface area contributed by atoms with Gasteiger partial charge >= 0.3 is 0 Å². The van der Waals surface area contributed by atoms with Gasteiger partial charge in [-0.15, -0.1) is 0 Å². The van der Waals surface area contributed by atoms with Gasteiger partial charge in [-0.3, -0.25) is 5.01 Å². The summed E-state index contributed by atoms with van der Waals surface area (Å²) >= 11 is 0. The molecule has 9 nitrogen and oxygen atoms in total. The number of rotatable bonds is 2. The van der Waals surface area contributed by atoms with E-state index in [0.29, 0.717) is 12.1 Å². The van der Waals surface area contributed by atoms with E-state index < -0.39 is 36.6 Å². The van der Waals surface area contributed by atoms with Crippen LogP contribution in [0.15, 0.2) is 21.9 Å². The molecule has 5 atom stereocenters. The number of hydrogen-bond donors (Lipinski definition) is 4. The standard InChI is InChI=1S/C12H15N5O4/c13-4-12(10(20)9(19)7(3-18)21-12)8-2-1-6-11(14)15-5-16-17(6)8/h1,5,7-10,18-20H,2-3H2,(H2,14,15,16)/t7-,8?,9-,10-,12+/m1/s1. The average molecular weight is 293 g/mol. The highest BCUT2D eigenvalue weighted by Crippen LogP contribution is 2.41. The minimum Gasteiger partial charge on any atom is -0.394 e. The molecule has 9 heteroatoms. The molecule has 1 unspecified atom stereocenters. The molecular weight excluding hydrogens is 278 g/mol. The monoisotopic (exact) mass is 293 g/mol. The van der Waals surface area contributed by atoms with E-state index in [1.54, 1.807) is 6.08 Å². The second kappa shape index (κ2) is 4.78. The van der Waals surface area contributed by atoms with E-state index >= 15 is 0 Å². The van der Waals surface area contributed by atoms with Crippen molar-refractivity contribution in [2.45, 2.75) is 36.4 Å². The van der Waals surface area contributed by atoms with Gasteiger partial charge in [0.05, 0.1) is 12.3 Å². The van der Waals surface area contributed by atoms with Gasteiger partial charge in [0.2, 0.25) is 5.60 Å². The van der Waals surface area contributed by atoms with Crippen LogP contribution in [-0.2, 0) is 4.74 Å². The summed E-state index contributed by atoms with van der Waals surface area (Å²) in [7, 11) is 0. The predicted octanol–water partition coefficient (Wildman–Crippen LogP) is -2.37. The Morgan fingerprint density at radius 3 is 2.95 bits per heavy atom. The molecule has 112 valence electrons. The van der Waals surface area contributed by atoms with E-state index in [4.69, 9.17) is 10.5 Å². The fourth-order valence-electron chi connectivity index (χ4n) is 2.95. The highest BCUT2D eigenvalue weighted by Gasteiger charge is 2.61. The number of hydrazone groups is 1. The Morgan fingerprint density at radius 2 is 2.33 bits per heavy atom. The largest absolute Gasteiger partial charge is 0.394 e. The Hall–Kier alpha value is -1.99. The van der Waals surface area contributed by atoms with Crippen LogP contribution in [0.5, 0.6) is 0 Å². The number of nitriles is 1. The van der Waals surface area contributed by atoms with E-state index in [9.17, 15) is 20.6 Å². The van der Waals surface area contributed by atoms with Gasteiger partial charge in [-0.05, 0) is 6.42 Å². The summed E-state index contributed by atoms with van der Waals surface area (Å²) in [4.78, 5) is 3.86. The maximum Gasteiger partial charge on any atom is 0.205 e. The number of aliphatic hydroxyl groups excluding tert-OH is 3. The smallest absolute Gasteiger partial charge is 0.205 e. The normalized spacial score (nSPS) is 41.5. The zero-order valence-corrected chi connectivity index (χ0v) is 11.0. The lowest BCUT2D eigenvalue weighted by Crippen LogP contribution is -2.56. The number of ether oxygens (including phenoxy) is 1. The van der Waals surface area contributed by atoms with Crippen molar-refractivity contribution in [3.8, 4) is 6.07 Å². The molecule has 1 saturated heterocycles. The van der Waals surface area contributed by atoms with Crippen LogP contribution in [0.4, 0.5) is 0 Å². The molecular formula is C12H15N5O4. The zero-order valence-electron chi connectivity index (χ0n) is 11.0. The molecule has 0 aromatic rings. The second-order valence-electron chi connectivity index (χ2n) is 5.11. The Bertz CT molecular complexity index is 583. The Kier molecular flexibility index (Phi) is 3.18. The highest BCUT2D eigenvalue weighted by atomic mass is 16.6. The third-order valence-corrected chi connectivity index (χ3v) is 4.05. The third-order valence-electron chi connectivity index (χ3n) is 4.05. The minimum absolute atomic E-state index is 0.257. The van der Waals surface area contributed by atoms with Gasteiger partial charge in [0.15, 0.2) is 5.84 Å². The Labute approximate surface area is 120 Å². The van der Waals surface area contributed by atoms with Gasteiger partial charge in [0.1, 0.15) is 36.8 Å². The molecule has 3 heterocycles. The number of nitrogens with zero attached hydrogens (tertiary/aromatic N) is 4. The van der Waals surface area contributed by atoms with E-state index in [1.807, 2.05) is 6.07 Å². The number of amidine groups is 1. The zero-order chi connectivity index (χ0) is 15.2. The summed E-state index contributed by atoms with van der Waals surface area (Å²) < 4.78 is 5.50. The fraction of sp³-hybridized carbons (Fsp3) is 0.583. The van der Waals surface area contributed by atoms with E-state index in [-0.39, 0.29) is 5.84 Å². The fourth-order valence-corrected chi connectivity index (χ4v) is 2.95. The number of nitrogens with two attached hydrogens (primary N) is 1. The van der Waals surface area contributed by atoms with Gasteiger partial charge in [0, 0.05) is 0 Å². The first-order valence-corrected chi connectivity index (χ1v) is 6.46. The minimum atomic E-state index is -1.71. The lowest BCUT2D eigenvalue weighted by molar-refractivity contribution is -0.0926. The number of hydrogen-bond acceptors (Lipinski definition) is 9. The Balaban J connectivity index is 1.95. The van der Waals surface area contributed by atoms with Crippen molar-refractivity contribution in [2.75, 3.05) is 6.61 Å². The van der Waals surface area contributed by atoms with Gasteiger partial charge in [-0.1, -0.05) is 6.08 Å². The van der Waals surface area contributed by atoms with E-state index in [2.05, 4.69) is 10.1 Å². The molecule has 0 saturated carbocycles. The van der Waals surface area contributed by atoms with Gasteiger partial charge in [-0.2, -0.15) is 10.4 Å². The summed E-state index contributed by atoms with van der Waals surface area (Å²) in [6.07, 6.45) is -0.501. The molecule has 0 spiro atoms. The van der Waals surface area contributed by atoms with Crippen LogP contribution < -0.4 is 5.73 Å². The lowest BCUT2D eigenvalue weighted by atomic mass is 9.87. The molecule has 3 aliphatic heterocycles. The average Bonchev–Trinajstić information content (AvgIpc) is 3.03. The lowest BCUT2D eigenvalue weighted by Gasteiger charge is -2.36. The maximum absolute atomic E-state index is 10.3. The van der Waals surface area contributed by atoms with Crippen molar-refractivity contribution in [1.82, 2.24) is 5.01 Å². The van der Waals surface area contributed by atoms with Crippen molar-refractivity contribution in [3.05, 3.63) is 11.8 Å². The topological polar surface area (TPSA) is 148 Å². The van der Waals surface area contributed by atoms with Crippen LogP contribution in [-0.4, -0.2) is 69.1 Å². The number of aliphatic imine (C=N–C) groups is 1. The summed E-state index contributed by atoms with van der Waals surface area (Å²) in [5.74, 6) is 0.257. The number of fused-ring (bicyclic) bond motifs is 1. The first-order valence-electron chi connectivity index (χ1n) is 6.46. The van der Waals surface area contributed by atoms with Crippen LogP contribution in [0.3, 0.4) is 0 Å². The third kappa shape index (κ3) is 1.77. The summed E-state index contributed by atoms with van der Waals surface area (Å²) in [5.41, 5.74) is 4.58. The highest BCUT2D eigenvalue weighted by molar-refractivity contribution is 6.02. The Morgan fingerprint density at radius 1 is 1.57 bits per heavy atom. The first-order chi connectivity index (χ1) is 10.0. The molecule has 0 radical (unpaired) electrons. The van der Waals surface area contributed by atoms with Crippen LogP contribution in [0.25, 0.3) is 0 Å². The summed E-state index contributed by atoms with van der Waals surface area (Å²) in [5, 5.41) is 44.4. The summed E-state index contributed by atoms with van der Waals surface area (Å²) in [6, 6.07) is 1.28. The van der Waals surface area contributed by atoms with Gasteiger partial charge < -0.3 is 25.8 Å². The maximum atomic E-state index is 10.3. The van der Waals surface area contributed by atoms with Gasteiger partial charge in [0.25, 0.3) is 0 Å². The van der Waals surface area contributed by atoms with Crippen molar-refractivity contribution in [2.24, 2.45) is 15.8 Å². The molecule has 0 aliphatic carbocycles. The summed E-state index contributed by atoms with van der Waals surface area (Å²) in [6.45, 7) is -0.498. The molecule has 3 rings (SSSR count). The van der Waals surface area contributed by atoms with Crippen molar-refractivity contribution in [3.63, 3.8) is 0 Å². The van der Waals surface area contributed by atoms with Crippen molar-refractivity contribution < 1.29 is 20.1 Å². The first kappa shape index (κ1) is 14.0. The SMILES string of the molecule is N#C[C@@]1(C2CC=C3C(N)=NC=NN32)O[C@H](CO)[C@@H](O)[C@H]1O. The molecule has 1 fully saturated rings. The molecule has 0 aromatic carbocycles. The molecule has 21 heavy (non-hydrogen) atoms. The predicted molar refractivity (Wildman–Crippen MR) is 70.8 cm³/mol. The molecule has 0 bridgehead atoms. The van der Waals surface area contributed by atoms with Crippen LogP contribution in [0, 0.1) is 11.3 Å². The quantitative estimate of drug-likeness (QED) is 0.445. The molecule has 0 amide bonds. The second-order valence-corrected chi connectivity index (χ2v) is 5.11. The van der Waals surface area contributed by atoms with Crippen LogP contribution in [0.2, 0.25) is 0 Å². The number of aliphatic hydroxyl groups is 3. The molecule has 0 aromatic heterocycles. The van der Waals surface area contributed by atoms with Crippen LogP contribution in [0.1, 0.15) is 6.42 Å². The van der Waals surface area contributed by atoms with Crippen molar-refractivity contribution >= 4 is 12.2 Å². The van der Waals surface area contributed by atoms with E-state index in [0.717, 1.165) is 0 Å². The molecule has 5 N–H and O–H groups in total. The van der Waals surface area contributed by atoms with Crippen molar-refractivity contribution in [1.29, 1.82) is 5.26 Å². The molecule has 3 aliphatic rings. The van der Waals surface area contributed by atoms with E-state index in [1.165, 1.54) is 11.3 Å².